The predicted octanol–water partition coefficient (Wildman–Crippen LogP) is 3.59. The van der Waals surface area contributed by atoms with Gasteiger partial charge in [0.05, 0.1) is 12.8 Å². The van der Waals surface area contributed by atoms with Gasteiger partial charge in [-0.25, -0.2) is 0 Å². The van der Waals surface area contributed by atoms with Gasteiger partial charge in [-0.2, -0.15) is 0 Å². The van der Waals surface area contributed by atoms with E-state index in [0.29, 0.717) is 5.92 Å². The smallest absolute Gasteiger partial charge is 0.267 e. The minimum absolute atomic E-state index is 0.112. The van der Waals surface area contributed by atoms with Crippen molar-refractivity contribution >= 4 is 17.4 Å². The van der Waals surface area contributed by atoms with Crippen LogP contribution in [0.2, 0.25) is 0 Å². The lowest BCUT2D eigenvalue weighted by molar-refractivity contribution is 0.0690. The molecule has 1 aliphatic rings. The Morgan fingerprint density at radius 2 is 2.00 bits per heavy atom. The maximum atomic E-state index is 12.6. The number of hydrogen-bond donors (Lipinski definition) is 0. The van der Waals surface area contributed by atoms with E-state index in [1.807, 2.05) is 24.0 Å². The Morgan fingerprint density at radius 1 is 1.28 bits per heavy atom. The van der Waals surface area contributed by atoms with Crippen molar-refractivity contribution in [1.82, 2.24) is 14.5 Å². The van der Waals surface area contributed by atoms with Crippen LogP contribution in [0.15, 0.2) is 24.3 Å². The van der Waals surface area contributed by atoms with Crippen LogP contribution in [0.3, 0.4) is 0 Å². The zero-order valence-electron chi connectivity index (χ0n) is 14.9. The first-order chi connectivity index (χ1) is 12.2. The van der Waals surface area contributed by atoms with Crippen LogP contribution in [0.5, 0.6) is 5.75 Å². The molecule has 1 amide bonds. The summed E-state index contributed by atoms with van der Waals surface area (Å²) in [5, 5.41) is 4.05. The van der Waals surface area contributed by atoms with E-state index in [0.717, 1.165) is 55.1 Å². The number of aromatic nitrogens is 2. The van der Waals surface area contributed by atoms with Gasteiger partial charge in [-0.05, 0) is 67.3 Å². The number of benzene rings is 1. The quantitative estimate of drug-likeness (QED) is 0.791. The van der Waals surface area contributed by atoms with Crippen LogP contribution >= 0.6 is 11.5 Å². The molecule has 0 unspecified atom stereocenters. The molecule has 2 aromatic rings. The van der Waals surface area contributed by atoms with Crippen LogP contribution in [-0.4, -0.2) is 40.6 Å². The van der Waals surface area contributed by atoms with E-state index in [1.54, 1.807) is 7.11 Å². The third-order valence-corrected chi connectivity index (χ3v) is 5.74. The lowest BCUT2D eigenvalue weighted by Gasteiger charge is -2.31. The molecule has 1 aromatic heterocycles. The van der Waals surface area contributed by atoms with Crippen LogP contribution in [0.4, 0.5) is 0 Å². The number of nitrogens with zero attached hydrogens (tertiary/aromatic N) is 3. The number of hydrogen-bond acceptors (Lipinski definition) is 5. The second-order valence-electron chi connectivity index (χ2n) is 6.52. The first-order valence-corrected chi connectivity index (χ1v) is 9.72. The summed E-state index contributed by atoms with van der Waals surface area (Å²) in [6.07, 6.45) is 5.18. The zero-order chi connectivity index (χ0) is 17.6. The standard InChI is InChI=1S/C19H25N3O2S/c1-3-17-18(25-21-20-17)19(23)22-12-10-15(11-13-22)5-4-14-6-8-16(24-2)9-7-14/h6-9,15H,3-5,10-13H2,1-2H3. The van der Waals surface area contributed by atoms with Crippen molar-refractivity contribution in [3.63, 3.8) is 0 Å². The first kappa shape index (κ1) is 17.9. The summed E-state index contributed by atoms with van der Waals surface area (Å²) < 4.78 is 9.13. The number of methoxy groups -OCH3 is 1. The third-order valence-electron chi connectivity index (χ3n) is 4.99. The number of likely N-dealkylation sites (tertiary alicyclic amines) is 1. The Bertz CT molecular complexity index is 691. The van der Waals surface area contributed by atoms with Crippen LogP contribution < -0.4 is 4.74 Å². The second-order valence-corrected chi connectivity index (χ2v) is 7.28. The summed E-state index contributed by atoms with van der Waals surface area (Å²) >= 11 is 1.22. The molecule has 5 nitrogen and oxygen atoms in total. The van der Waals surface area contributed by atoms with Gasteiger partial charge in [0.25, 0.3) is 5.91 Å². The van der Waals surface area contributed by atoms with Gasteiger partial charge >= 0.3 is 0 Å². The van der Waals surface area contributed by atoms with Crippen molar-refractivity contribution in [2.24, 2.45) is 5.92 Å². The van der Waals surface area contributed by atoms with Crippen molar-refractivity contribution in [2.45, 2.75) is 39.0 Å². The zero-order valence-corrected chi connectivity index (χ0v) is 15.7. The van der Waals surface area contributed by atoms with E-state index in [2.05, 4.69) is 21.7 Å². The van der Waals surface area contributed by atoms with Crippen molar-refractivity contribution in [3.05, 3.63) is 40.4 Å². The summed E-state index contributed by atoms with van der Waals surface area (Å²) in [7, 11) is 1.69. The molecule has 134 valence electrons. The fourth-order valence-corrected chi connectivity index (χ4v) is 4.05. The lowest BCUT2D eigenvalue weighted by atomic mass is 9.90. The molecule has 0 N–H and O–H groups in total. The molecule has 1 aliphatic heterocycles. The minimum atomic E-state index is 0.112. The van der Waals surface area contributed by atoms with Crippen LogP contribution in [0.1, 0.15) is 47.1 Å². The van der Waals surface area contributed by atoms with Crippen LogP contribution in [0, 0.1) is 5.92 Å². The molecule has 1 aromatic carbocycles. The summed E-state index contributed by atoms with van der Waals surface area (Å²) in [4.78, 5) is 15.3. The summed E-state index contributed by atoms with van der Waals surface area (Å²) in [5.41, 5.74) is 2.18. The molecule has 0 radical (unpaired) electrons. The molecule has 6 heteroatoms. The largest absolute Gasteiger partial charge is 0.497 e. The minimum Gasteiger partial charge on any atom is -0.497 e. The number of rotatable bonds is 6. The number of carbonyl (C=O) groups is 1. The molecule has 2 heterocycles. The number of amides is 1. The van der Waals surface area contributed by atoms with Gasteiger partial charge in [0.1, 0.15) is 10.6 Å². The highest BCUT2D eigenvalue weighted by molar-refractivity contribution is 7.08. The van der Waals surface area contributed by atoms with E-state index in [-0.39, 0.29) is 5.91 Å². The third kappa shape index (κ3) is 4.37. The maximum Gasteiger partial charge on any atom is 0.267 e. The van der Waals surface area contributed by atoms with Gasteiger partial charge in [0.2, 0.25) is 0 Å². The summed E-state index contributed by atoms with van der Waals surface area (Å²) in [6.45, 7) is 3.69. The van der Waals surface area contributed by atoms with Gasteiger partial charge in [0.15, 0.2) is 0 Å². The highest BCUT2D eigenvalue weighted by Crippen LogP contribution is 2.25. The van der Waals surface area contributed by atoms with E-state index in [4.69, 9.17) is 4.74 Å². The van der Waals surface area contributed by atoms with E-state index in [9.17, 15) is 4.79 Å². The van der Waals surface area contributed by atoms with E-state index in [1.165, 1.54) is 23.5 Å². The molecule has 1 saturated heterocycles. The van der Waals surface area contributed by atoms with Gasteiger partial charge in [-0.1, -0.05) is 23.5 Å². The Labute approximate surface area is 153 Å². The fraction of sp³-hybridized carbons (Fsp3) is 0.526. The van der Waals surface area contributed by atoms with Crippen molar-refractivity contribution in [3.8, 4) is 5.75 Å². The van der Waals surface area contributed by atoms with Crippen molar-refractivity contribution < 1.29 is 9.53 Å². The number of ether oxygens (including phenoxy) is 1. The molecule has 0 spiro atoms. The second kappa shape index (κ2) is 8.43. The molecule has 3 rings (SSSR count). The van der Waals surface area contributed by atoms with Crippen molar-refractivity contribution in [1.29, 1.82) is 0 Å². The van der Waals surface area contributed by atoms with Crippen LogP contribution in [-0.2, 0) is 12.8 Å². The summed E-state index contributed by atoms with van der Waals surface area (Å²) in [5.74, 6) is 1.71. The Hall–Kier alpha value is -1.95. The lowest BCUT2D eigenvalue weighted by Crippen LogP contribution is -2.38. The average molecular weight is 359 g/mol. The maximum absolute atomic E-state index is 12.6. The number of carbonyl (C=O) groups excluding carboxylic acids is 1. The predicted molar refractivity (Wildman–Crippen MR) is 99.2 cm³/mol. The molecular formula is C19H25N3O2S. The SMILES string of the molecule is CCc1nnsc1C(=O)N1CCC(CCc2ccc(OC)cc2)CC1. The Balaban J connectivity index is 1.47. The van der Waals surface area contributed by atoms with Crippen LogP contribution in [0.25, 0.3) is 0 Å². The number of aryl methyl sites for hydroxylation is 2. The molecule has 0 bridgehead atoms. The van der Waals surface area contributed by atoms with E-state index >= 15 is 0 Å². The fourth-order valence-electron chi connectivity index (χ4n) is 3.33. The average Bonchev–Trinajstić information content (AvgIpc) is 3.15. The molecule has 0 aliphatic carbocycles. The molecule has 25 heavy (non-hydrogen) atoms. The topological polar surface area (TPSA) is 55.3 Å². The first-order valence-electron chi connectivity index (χ1n) is 8.94. The number of piperidine rings is 1. The highest BCUT2D eigenvalue weighted by Gasteiger charge is 2.26. The highest BCUT2D eigenvalue weighted by atomic mass is 32.1. The molecule has 1 fully saturated rings. The molecule has 0 saturated carbocycles. The van der Waals surface area contributed by atoms with Crippen molar-refractivity contribution in [2.75, 3.05) is 20.2 Å². The van der Waals surface area contributed by atoms with E-state index < -0.39 is 0 Å². The Morgan fingerprint density at radius 3 is 2.64 bits per heavy atom. The van der Waals surface area contributed by atoms with Gasteiger partial charge in [-0.15, -0.1) is 5.10 Å². The Kier molecular flexibility index (Phi) is 6.02. The van der Waals surface area contributed by atoms with Gasteiger partial charge < -0.3 is 9.64 Å². The molecule has 0 atom stereocenters. The molecular weight excluding hydrogens is 334 g/mol. The monoisotopic (exact) mass is 359 g/mol. The normalized spacial score (nSPS) is 15.4. The van der Waals surface area contributed by atoms with Gasteiger partial charge in [0, 0.05) is 13.1 Å². The van der Waals surface area contributed by atoms with Gasteiger partial charge in [-0.3, -0.25) is 4.79 Å². The summed E-state index contributed by atoms with van der Waals surface area (Å²) in [6, 6.07) is 8.32.